The van der Waals surface area contributed by atoms with Crippen LogP contribution in [0.2, 0.25) is 0 Å². The fraction of sp³-hybridized carbons (Fsp3) is 0. The minimum Gasteiger partial charge on any atom is -0.376 e. The fourth-order valence-electron chi connectivity index (χ4n) is 0.506. The Morgan fingerprint density at radius 3 is 2.00 bits per heavy atom. The van der Waals surface area contributed by atoms with Crippen LogP contribution in [-0.4, -0.2) is 6.29 Å². The van der Waals surface area contributed by atoms with Gasteiger partial charge in [-0.1, -0.05) is 6.07 Å². The quantitative estimate of drug-likeness (QED) is 0.709. The molecule has 1 rings (SSSR count). The van der Waals surface area contributed by atoms with Crippen molar-refractivity contribution in [1.29, 1.82) is 0 Å². The van der Waals surface area contributed by atoms with Crippen LogP contribution in [0.4, 0.5) is 0 Å². The molecule has 0 bridgehead atoms. The summed E-state index contributed by atoms with van der Waals surface area (Å²) in [5, 5.41) is 0. The molecule has 0 saturated carbocycles. The van der Waals surface area contributed by atoms with Crippen molar-refractivity contribution in [1.82, 2.24) is 0 Å². The van der Waals surface area contributed by atoms with Crippen molar-refractivity contribution in [2.45, 2.75) is 0 Å². The smallest absolute Gasteiger partial charge is 0.376 e. The minimum absolute atomic E-state index is 0. The first-order valence-corrected chi connectivity index (χ1v) is 2.36. The maximum absolute atomic E-state index is 9.88. The predicted molar refractivity (Wildman–Crippen MR) is 31.2 cm³/mol. The molecule has 0 fully saturated rings. The van der Waals surface area contributed by atoms with Crippen LogP contribution in [0.1, 0.15) is 5.56 Å². The van der Waals surface area contributed by atoms with E-state index < -0.39 is 0 Å². The van der Waals surface area contributed by atoms with Crippen molar-refractivity contribution in [2.75, 3.05) is 0 Å². The fourth-order valence-corrected chi connectivity index (χ4v) is 0.506. The van der Waals surface area contributed by atoms with Crippen LogP contribution in [0.25, 0.3) is 0 Å². The van der Waals surface area contributed by atoms with Gasteiger partial charge in [-0.05, 0) is 0 Å². The largest absolute Gasteiger partial charge is 2.00 e. The van der Waals surface area contributed by atoms with Crippen LogP contribution in [0.15, 0.2) is 30.3 Å². The van der Waals surface area contributed by atoms with Gasteiger partial charge in [0, 0.05) is 0 Å². The van der Waals surface area contributed by atoms with Crippen LogP contribution in [-0.2, 0) is 25.9 Å². The van der Waals surface area contributed by atoms with Gasteiger partial charge < -0.3 is 4.79 Å². The van der Waals surface area contributed by atoms with E-state index in [9.17, 15) is 4.79 Å². The minimum atomic E-state index is 0. The Labute approximate surface area is 68.3 Å². The summed E-state index contributed by atoms with van der Waals surface area (Å²) in [7, 11) is 0. The molecule has 2 heteroatoms. The monoisotopic (exact) mass is 289 g/mol. The third kappa shape index (κ3) is 2.57. The molecule has 0 atom stereocenters. The Bertz CT molecular complexity index is 172. The van der Waals surface area contributed by atoms with Crippen molar-refractivity contribution < 1.29 is 25.9 Å². The molecule has 44 valence electrons. The normalized spacial score (nSPS) is 7.56. The molecule has 0 spiro atoms. The van der Waals surface area contributed by atoms with Gasteiger partial charge in [0.05, 0.1) is 6.29 Å². The first kappa shape index (κ1) is 8.58. The van der Waals surface area contributed by atoms with Crippen molar-refractivity contribution in [2.24, 2.45) is 0 Å². The van der Waals surface area contributed by atoms with Gasteiger partial charge in [0.25, 0.3) is 0 Å². The van der Waals surface area contributed by atoms with Crippen molar-refractivity contribution in [3.05, 3.63) is 35.9 Å². The van der Waals surface area contributed by atoms with Crippen LogP contribution in [0.3, 0.4) is 0 Å². The first-order chi connectivity index (χ1) is 3.93. The van der Waals surface area contributed by atoms with Gasteiger partial charge in [-0.2, -0.15) is 17.7 Å². The zero-order valence-electron chi connectivity index (χ0n) is 4.70. The Morgan fingerprint density at radius 1 is 1.11 bits per heavy atom. The Morgan fingerprint density at radius 2 is 1.67 bits per heavy atom. The summed E-state index contributed by atoms with van der Waals surface area (Å²) in [6, 6.07) is 8.90. The van der Waals surface area contributed by atoms with Crippen LogP contribution in [0, 0.1) is 0 Å². The zero-order chi connectivity index (χ0) is 5.82. The maximum atomic E-state index is 9.88. The van der Waals surface area contributed by atoms with Crippen molar-refractivity contribution >= 4 is 6.29 Å². The third-order valence-electron chi connectivity index (χ3n) is 0.892. The SMILES string of the molecule is O=[C-]c1ccccc1.[W+2]. The molecule has 1 aromatic rings. The number of hydrogen-bond donors (Lipinski definition) is 0. The van der Waals surface area contributed by atoms with E-state index in [0.717, 1.165) is 0 Å². The molecule has 0 aliphatic rings. The van der Waals surface area contributed by atoms with E-state index in [1.807, 2.05) is 6.07 Å². The molecule has 1 aromatic carbocycles. The molecule has 0 aromatic heterocycles. The van der Waals surface area contributed by atoms with E-state index >= 15 is 0 Å². The first-order valence-electron chi connectivity index (χ1n) is 2.36. The number of carbonyl (C=O) groups excluding carboxylic acids is 1. The molecule has 1 nitrogen and oxygen atoms in total. The maximum Gasteiger partial charge on any atom is 2.00 e. The molecule has 0 radical (unpaired) electrons. The number of benzene rings is 1. The molecule has 0 aliphatic heterocycles. The van der Waals surface area contributed by atoms with Gasteiger partial charge in [0.1, 0.15) is 0 Å². The van der Waals surface area contributed by atoms with E-state index in [1.54, 1.807) is 30.6 Å². The summed E-state index contributed by atoms with van der Waals surface area (Å²) in [6.45, 7) is 0. The third-order valence-corrected chi connectivity index (χ3v) is 0.892. The zero-order valence-corrected chi connectivity index (χ0v) is 7.64. The average molecular weight is 289 g/mol. The van der Waals surface area contributed by atoms with Gasteiger partial charge in [0.2, 0.25) is 0 Å². The summed E-state index contributed by atoms with van der Waals surface area (Å²) < 4.78 is 0. The van der Waals surface area contributed by atoms with Crippen LogP contribution < -0.4 is 0 Å². The molecule has 0 N–H and O–H groups in total. The molecule has 0 unspecified atom stereocenters. The Balaban J connectivity index is 0.000000640. The van der Waals surface area contributed by atoms with Gasteiger partial charge in [0.15, 0.2) is 0 Å². The molecule has 0 amide bonds. The second-order valence-corrected chi connectivity index (χ2v) is 1.47. The molecule has 0 saturated heterocycles. The molecular formula is C7H5OW+. The van der Waals surface area contributed by atoms with Gasteiger partial charge in [-0.3, -0.25) is 0 Å². The average Bonchev–Trinajstić information content (AvgIpc) is 1.90. The van der Waals surface area contributed by atoms with Gasteiger partial charge in [-0.15, -0.1) is 12.1 Å². The summed E-state index contributed by atoms with van der Waals surface area (Å²) in [5.74, 6) is 0. The summed E-state index contributed by atoms with van der Waals surface area (Å²) in [4.78, 5) is 9.88. The van der Waals surface area contributed by atoms with E-state index in [-0.39, 0.29) is 21.1 Å². The predicted octanol–water partition coefficient (Wildman–Crippen LogP) is 1.14. The summed E-state index contributed by atoms with van der Waals surface area (Å²) >= 11 is 0. The van der Waals surface area contributed by atoms with E-state index in [4.69, 9.17) is 0 Å². The molecule has 0 aliphatic carbocycles. The molecule has 9 heavy (non-hydrogen) atoms. The second-order valence-electron chi connectivity index (χ2n) is 1.47. The van der Waals surface area contributed by atoms with Crippen molar-refractivity contribution in [3.8, 4) is 0 Å². The second kappa shape index (κ2) is 4.46. The standard InChI is InChI=1S/C7H5O.W/c8-6-7-4-2-1-3-5-7;/h1-5H;/q-1;+2. The Kier molecular flexibility index (Phi) is 4.25. The topological polar surface area (TPSA) is 17.1 Å². The van der Waals surface area contributed by atoms with E-state index in [1.165, 1.54) is 0 Å². The van der Waals surface area contributed by atoms with Crippen LogP contribution in [0.5, 0.6) is 0 Å². The van der Waals surface area contributed by atoms with E-state index in [0.29, 0.717) is 5.56 Å². The Hall–Kier alpha value is -0.422. The summed E-state index contributed by atoms with van der Waals surface area (Å²) in [6.07, 6.45) is 1.78. The van der Waals surface area contributed by atoms with Crippen molar-refractivity contribution in [3.63, 3.8) is 0 Å². The van der Waals surface area contributed by atoms with Crippen LogP contribution >= 0.6 is 0 Å². The summed E-state index contributed by atoms with van der Waals surface area (Å²) in [5.41, 5.74) is 0.604. The van der Waals surface area contributed by atoms with Gasteiger partial charge in [-0.25, -0.2) is 0 Å². The van der Waals surface area contributed by atoms with E-state index in [2.05, 4.69) is 0 Å². The molecular weight excluding hydrogens is 284 g/mol. The number of hydrogen-bond acceptors (Lipinski definition) is 1. The number of rotatable bonds is 1. The molecule has 0 heterocycles. The van der Waals surface area contributed by atoms with Gasteiger partial charge >= 0.3 is 21.1 Å².